The molecular formula is C12H14F2N2S. The first-order valence-electron chi connectivity index (χ1n) is 5.16. The molecular weight excluding hydrogens is 242 g/mol. The lowest BCUT2D eigenvalue weighted by Gasteiger charge is -2.20. The fourth-order valence-corrected chi connectivity index (χ4v) is 2.65. The summed E-state index contributed by atoms with van der Waals surface area (Å²) in [7, 11) is 0. The third-order valence-corrected chi connectivity index (χ3v) is 3.34. The number of thioether (sulfide) groups is 1. The average molecular weight is 256 g/mol. The SMILES string of the molecule is CC(CC(C)(N)C#N)Sc1ccc(F)cc1F. The summed E-state index contributed by atoms with van der Waals surface area (Å²) in [4.78, 5) is 0.368. The molecule has 0 radical (unpaired) electrons. The van der Waals surface area contributed by atoms with Crippen LogP contribution >= 0.6 is 11.8 Å². The third-order valence-electron chi connectivity index (χ3n) is 2.19. The topological polar surface area (TPSA) is 49.8 Å². The molecule has 0 aliphatic rings. The second-order valence-electron chi connectivity index (χ2n) is 4.24. The number of nitrogens with zero attached hydrogens (tertiary/aromatic N) is 1. The summed E-state index contributed by atoms with van der Waals surface area (Å²) in [5.41, 5.74) is 4.78. The van der Waals surface area contributed by atoms with Gasteiger partial charge in [0, 0.05) is 16.2 Å². The van der Waals surface area contributed by atoms with Crippen LogP contribution in [0, 0.1) is 23.0 Å². The van der Waals surface area contributed by atoms with Gasteiger partial charge in [-0.1, -0.05) is 6.92 Å². The first-order chi connectivity index (χ1) is 7.84. The minimum absolute atomic E-state index is 0.0235. The molecule has 0 saturated heterocycles. The van der Waals surface area contributed by atoms with E-state index < -0.39 is 17.2 Å². The van der Waals surface area contributed by atoms with Gasteiger partial charge in [-0.25, -0.2) is 8.78 Å². The Morgan fingerprint density at radius 3 is 2.71 bits per heavy atom. The Morgan fingerprint density at radius 2 is 2.18 bits per heavy atom. The van der Waals surface area contributed by atoms with Crippen LogP contribution in [0.15, 0.2) is 23.1 Å². The highest BCUT2D eigenvalue weighted by Crippen LogP contribution is 2.30. The maximum atomic E-state index is 13.4. The third kappa shape index (κ3) is 4.33. The highest BCUT2D eigenvalue weighted by Gasteiger charge is 2.22. The van der Waals surface area contributed by atoms with Gasteiger partial charge in [-0.15, -0.1) is 11.8 Å². The van der Waals surface area contributed by atoms with Gasteiger partial charge in [0.1, 0.15) is 17.2 Å². The molecule has 0 fully saturated rings. The number of nitrogens with two attached hydrogens (primary N) is 1. The van der Waals surface area contributed by atoms with E-state index in [1.165, 1.54) is 23.9 Å². The first-order valence-corrected chi connectivity index (χ1v) is 6.04. The van der Waals surface area contributed by atoms with Crippen molar-refractivity contribution >= 4 is 11.8 Å². The molecule has 1 aromatic carbocycles. The molecule has 0 aliphatic heterocycles. The molecule has 5 heteroatoms. The molecule has 0 spiro atoms. The van der Waals surface area contributed by atoms with Crippen molar-refractivity contribution < 1.29 is 8.78 Å². The predicted octanol–water partition coefficient (Wildman–Crippen LogP) is 3.08. The molecule has 0 heterocycles. The molecule has 2 nitrogen and oxygen atoms in total. The molecule has 2 atom stereocenters. The van der Waals surface area contributed by atoms with Gasteiger partial charge < -0.3 is 5.73 Å². The summed E-state index contributed by atoms with van der Waals surface area (Å²) in [5.74, 6) is -1.18. The number of hydrogen-bond donors (Lipinski definition) is 1. The largest absolute Gasteiger partial charge is 0.314 e. The second kappa shape index (κ2) is 5.48. The van der Waals surface area contributed by atoms with Crippen LogP contribution in [0.5, 0.6) is 0 Å². The number of nitriles is 1. The molecule has 1 rings (SSSR count). The number of benzene rings is 1. The van der Waals surface area contributed by atoms with Crippen LogP contribution in [-0.2, 0) is 0 Å². The van der Waals surface area contributed by atoms with E-state index in [1.807, 2.05) is 13.0 Å². The molecule has 17 heavy (non-hydrogen) atoms. The normalized spacial score (nSPS) is 16.0. The van der Waals surface area contributed by atoms with Gasteiger partial charge in [0.2, 0.25) is 0 Å². The van der Waals surface area contributed by atoms with E-state index in [1.54, 1.807) is 6.92 Å². The maximum Gasteiger partial charge on any atom is 0.139 e. The zero-order chi connectivity index (χ0) is 13.1. The predicted molar refractivity (Wildman–Crippen MR) is 64.5 cm³/mol. The van der Waals surface area contributed by atoms with E-state index in [0.29, 0.717) is 11.3 Å². The van der Waals surface area contributed by atoms with E-state index in [9.17, 15) is 8.78 Å². The van der Waals surface area contributed by atoms with Gasteiger partial charge in [0.25, 0.3) is 0 Å². The molecule has 2 unspecified atom stereocenters. The Labute approximate surface area is 104 Å². The number of hydrogen-bond acceptors (Lipinski definition) is 3. The van der Waals surface area contributed by atoms with Crippen LogP contribution < -0.4 is 5.73 Å². The monoisotopic (exact) mass is 256 g/mol. The molecule has 1 aromatic rings. The van der Waals surface area contributed by atoms with E-state index in [-0.39, 0.29) is 5.25 Å². The van der Waals surface area contributed by atoms with E-state index in [2.05, 4.69) is 0 Å². The standard InChI is InChI=1S/C12H14F2N2S/c1-8(6-12(2,16)7-15)17-11-4-3-9(13)5-10(11)14/h3-5,8H,6,16H2,1-2H3. The van der Waals surface area contributed by atoms with Crippen molar-refractivity contribution in [2.45, 2.75) is 36.0 Å². The van der Waals surface area contributed by atoms with Crippen LogP contribution in [0.25, 0.3) is 0 Å². The lowest BCUT2D eigenvalue weighted by molar-refractivity contribution is 0.542. The van der Waals surface area contributed by atoms with Crippen LogP contribution in [0.3, 0.4) is 0 Å². The Bertz CT molecular complexity index is 441. The van der Waals surface area contributed by atoms with Crippen molar-refractivity contribution in [3.05, 3.63) is 29.8 Å². The average Bonchev–Trinajstić information content (AvgIpc) is 2.21. The quantitative estimate of drug-likeness (QED) is 0.842. The molecule has 0 bridgehead atoms. The minimum atomic E-state index is -0.928. The fourth-order valence-electron chi connectivity index (χ4n) is 1.47. The van der Waals surface area contributed by atoms with Crippen LogP contribution in [-0.4, -0.2) is 10.8 Å². The maximum absolute atomic E-state index is 13.4. The first kappa shape index (κ1) is 13.9. The lowest BCUT2D eigenvalue weighted by Crippen LogP contribution is -2.36. The van der Waals surface area contributed by atoms with Gasteiger partial charge in [-0.05, 0) is 25.5 Å². The van der Waals surface area contributed by atoms with Crippen LogP contribution in [0.4, 0.5) is 8.78 Å². The highest BCUT2D eigenvalue weighted by atomic mass is 32.2. The summed E-state index contributed by atoms with van der Waals surface area (Å²) in [6.07, 6.45) is 0.435. The zero-order valence-electron chi connectivity index (χ0n) is 9.71. The van der Waals surface area contributed by atoms with Crippen molar-refractivity contribution in [3.63, 3.8) is 0 Å². The van der Waals surface area contributed by atoms with Crippen molar-refractivity contribution in [2.75, 3.05) is 0 Å². The molecule has 0 aliphatic carbocycles. The van der Waals surface area contributed by atoms with Crippen molar-refractivity contribution in [1.29, 1.82) is 5.26 Å². The fraction of sp³-hybridized carbons (Fsp3) is 0.417. The summed E-state index contributed by atoms with van der Waals surface area (Å²) in [6.45, 7) is 3.49. The summed E-state index contributed by atoms with van der Waals surface area (Å²) >= 11 is 1.25. The van der Waals surface area contributed by atoms with Crippen molar-refractivity contribution in [2.24, 2.45) is 5.73 Å². The van der Waals surface area contributed by atoms with Crippen LogP contribution in [0.2, 0.25) is 0 Å². The smallest absolute Gasteiger partial charge is 0.139 e. The minimum Gasteiger partial charge on any atom is -0.314 e. The van der Waals surface area contributed by atoms with Crippen LogP contribution in [0.1, 0.15) is 20.3 Å². The van der Waals surface area contributed by atoms with E-state index >= 15 is 0 Å². The Hall–Kier alpha value is -1.12. The zero-order valence-corrected chi connectivity index (χ0v) is 10.5. The van der Waals surface area contributed by atoms with Crippen molar-refractivity contribution in [1.82, 2.24) is 0 Å². The molecule has 0 saturated carbocycles. The highest BCUT2D eigenvalue weighted by molar-refractivity contribution is 8.00. The van der Waals surface area contributed by atoms with Gasteiger partial charge in [-0.3, -0.25) is 0 Å². The van der Waals surface area contributed by atoms with Gasteiger partial charge in [0.15, 0.2) is 0 Å². The Balaban J connectivity index is 2.69. The molecule has 0 amide bonds. The van der Waals surface area contributed by atoms with E-state index in [0.717, 1.165) is 6.07 Å². The number of rotatable bonds is 4. The number of halogens is 2. The Kier molecular flexibility index (Phi) is 4.49. The molecule has 2 N–H and O–H groups in total. The van der Waals surface area contributed by atoms with E-state index in [4.69, 9.17) is 11.0 Å². The van der Waals surface area contributed by atoms with Gasteiger partial charge in [0.05, 0.1) is 6.07 Å². The summed E-state index contributed by atoms with van der Waals surface area (Å²) in [5, 5.41) is 8.77. The lowest BCUT2D eigenvalue weighted by atomic mass is 10.00. The van der Waals surface area contributed by atoms with Gasteiger partial charge >= 0.3 is 0 Å². The summed E-state index contributed by atoms with van der Waals surface area (Å²) in [6, 6.07) is 5.45. The summed E-state index contributed by atoms with van der Waals surface area (Å²) < 4.78 is 26.1. The van der Waals surface area contributed by atoms with Crippen molar-refractivity contribution in [3.8, 4) is 6.07 Å². The Morgan fingerprint density at radius 1 is 1.53 bits per heavy atom. The molecule has 92 valence electrons. The molecule has 0 aromatic heterocycles. The van der Waals surface area contributed by atoms with Gasteiger partial charge in [-0.2, -0.15) is 5.26 Å². The second-order valence-corrected chi connectivity index (χ2v) is 5.72.